The third kappa shape index (κ3) is 6.77. The van der Waals surface area contributed by atoms with Crippen molar-refractivity contribution < 1.29 is 19.1 Å². The Labute approximate surface area is 172 Å². The van der Waals surface area contributed by atoms with E-state index in [1.165, 1.54) is 12.8 Å². The van der Waals surface area contributed by atoms with E-state index in [0.717, 1.165) is 25.7 Å². The third-order valence-corrected chi connectivity index (χ3v) is 7.02. The van der Waals surface area contributed by atoms with E-state index in [4.69, 9.17) is 9.47 Å². The Balaban J connectivity index is 1.80. The molecule has 6 atom stereocenters. The van der Waals surface area contributed by atoms with Gasteiger partial charge in [-0.15, -0.1) is 0 Å². The lowest BCUT2D eigenvalue weighted by Crippen LogP contribution is -2.36. The van der Waals surface area contributed by atoms with E-state index in [1.807, 2.05) is 0 Å². The molecule has 0 aromatic heterocycles. The van der Waals surface area contributed by atoms with Gasteiger partial charge in [0.05, 0.1) is 12.8 Å². The molecule has 28 heavy (non-hydrogen) atoms. The number of esters is 2. The van der Waals surface area contributed by atoms with E-state index < -0.39 is 0 Å². The molecular weight excluding hydrogens is 352 g/mol. The molecule has 2 aliphatic rings. The van der Waals surface area contributed by atoms with Gasteiger partial charge in [-0.05, 0) is 61.2 Å². The second-order valence-corrected chi connectivity index (χ2v) is 10.2. The summed E-state index contributed by atoms with van der Waals surface area (Å²) in [4.78, 5) is 24.8. The molecule has 2 aliphatic carbocycles. The fourth-order valence-corrected chi connectivity index (χ4v) is 5.16. The molecule has 2 rings (SSSR count). The number of hydrogen-bond donors (Lipinski definition) is 0. The molecule has 4 nitrogen and oxygen atoms in total. The minimum atomic E-state index is -0.251. The van der Waals surface area contributed by atoms with E-state index in [0.29, 0.717) is 35.5 Å². The van der Waals surface area contributed by atoms with Gasteiger partial charge >= 0.3 is 11.9 Å². The van der Waals surface area contributed by atoms with E-state index >= 15 is 0 Å². The van der Waals surface area contributed by atoms with Crippen molar-refractivity contribution in [3.05, 3.63) is 0 Å². The quantitative estimate of drug-likeness (QED) is 0.514. The molecule has 2 saturated carbocycles. The average Bonchev–Trinajstić information content (AvgIpc) is 2.59. The van der Waals surface area contributed by atoms with Gasteiger partial charge in [-0.3, -0.25) is 9.59 Å². The van der Waals surface area contributed by atoms with Crippen LogP contribution in [0.4, 0.5) is 0 Å². The van der Waals surface area contributed by atoms with Crippen LogP contribution in [0.1, 0.15) is 92.9 Å². The Kier molecular flexibility index (Phi) is 8.82. The van der Waals surface area contributed by atoms with E-state index in [-0.39, 0.29) is 37.0 Å². The first-order chi connectivity index (χ1) is 13.2. The molecule has 2 fully saturated rings. The van der Waals surface area contributed by atoms with Crippen LogP contribution < -0.4 is 0 Å². The summed E-state index contributed by atoms with van der Waals surface area (Å²) in [5, 5.41) is 0. The van der Waals surface area contributed by atoms with Crippen molar-refractivity contribution >= 4 is 11.9 Å². The SMILES string of the molecule is CC(C)[C@H]1CC[C@@H](C)C[C@H]1OC(=O)CCC(=O)O[C@@H]1C[C@H](C)CC[C@@H]1C(C)C. The summed E-state index contributed by atoms with van der Waals surface area (Å²) in [5.74, 6) is 2.58. The Hall–Kier alpha value is -1.06. The van der Waals surface area contributed by atoms with Crippen LogP contribution in [0.25, 0.3) is 0 Å². The van der Waals surface area contributed by atoms with Crippen molar-refractivity contribution in [2.24, 2.45) is 35.5 Å². The second-order valence-electron chi connectivity index (χ2n) is 10.2. The lowest BCUT2D eigenvalue weighted by molar-refractivity contribution is -0.163. The van der Waals surface area contributed by atoms with Crippen molar-refractivity contribution in [2.75, 3.05) is 0 Å². The zero-order valence-electron chi connectivity index (χ0n) is 18.9. The largest absolute Gasteiger partial charge is 0.462 e. The highest BCUT2D eigenvalue weighted by Gasteiger charge is 2.35. The molecular formula is C24H42O4. The Morgan fingerprint density at radius 3 is 1.39 bits per heavy atom. The van der Waals surface area contributed by atoms with E-state index in [9.17, 15) is 9.59 Å². The molecule has 0 heterocycles. The van der Waals surface area contributed by atoms with Crippen molar-refractivity contribution in [3.8, 4) is 0 Å². The normalized spacial score (nSPS) is 33.7. The van der Waals surface area contributed by atoms with Crippen LogP contribution in [-0.2, 0) is 19.1 Å². The van der Waals surface area contributed by atoms with Gasteiger partial charge < -0.3 is 9.47 Å². The zero-order chi connectivity index (χ0) is 20.8. The summed E-state index contributed by atoms with van der Waals surface area (Å²) >= 11 is 0. The molecule has 0 saturated heterocycles. The Morgan fingerprint density at radius 2 is 1.07 bits per heavy atom. The minimum Gasteiger partial charge on any atom is -0.462 e. The lowest BCUT2D eigenvalue weighted by Gasteiger charge is -2.37. The highest BCUT2D eigenvalue weighted by molar-refractivity contribution is 5.77. The highest BCUT2D eigenvalue weighted by atomic mass is 16.6. The molecule has 4 heteroatoms. The van der Waals surface area contributed by atoms with Gasteiger partial charge in [0.2, 0.25) is 0 Å². The van der Waals surface area contributed by atoms with Crippen molar-refractivity contribution in [1.29, 1.82) is 0 Å². The molecule has 0 aromatic carbocycles. The van der Waals surface area contributed by atoms with Gasteiger partial charge in [-0.25, -0.2) is 0 Å². The summed E-state index contributed by atoms with van der Waals surface area (Å²) in [6, 6.07) is 0. The smallest absolute Gasteiger partial charge is 0.306 e. The predicted molar refractivity (Wildman–Crippen MR) is 112 cm³/mol. The monoisotopic (exact) mass is 394 g/mol. The van der Waals surface area contributed by atoms with Gasteiger partial charge in [0, 0.05) is 0 Å². The van der Waals surface area contributed by atoms with E-state index in [1.54, 1.807) is 0 Å². The maximum absolute atomic E-state index is 12.4. The molecule has 0 spiro atoms. The number of hydrogen-bond acceptors (Lipinski definition) is 4. The predicted octanol–water partition coefficient (Wildman–Crippen LogP) is 5.77. The standard InChI is InChI=1S/C24H42O4/c1-15(2)19-9-7-17(5)13-21(19)27-23(25)11-12-24(26)28-22-14-18(6)8-10-20(22)16(3)4/h15-22H,7-14H2,1-6H3/t17-,18-,19-,20-,21-,22-/m1/s1. The fraction of sp³-hybridized carbons (Fsp3) is 0.917. The van der Waals surface area contributed by atoms with E-state index in [2.05, 4.69) is 41.5 Å². The number of ether oxygens (including phenoxy) is 2. The molecule has 0 radical (unpaired) electrons. The van der Waals surface area contributed by atoms with Crippen LogP contribution in [0, 0.1) is 35.5 Å². The molecule has 0 N–H and O–H groups in total. The highest BCUT2D eigenvalue weighted by Crippen LogP contribution is 2.36. The maximum Gasteiger partial charge on any atom is 0.306 e. The first kappa shape index (κ1) is 23.2. The minimum absolute atomic E-state index is 0.00298. The fourth-order valence-electron chi connectivity index (χ4n) is 5.16. The summed E-state index contributed by atoms with van der Waals surface area (Å²) < 4.78 is 11.6. The summed E-state index contributed by atoms with van der Waals surface area (Å²) in [7, 11) is 0. The van der Waals surface area contributed by atoms with Gasteiger partial charge in [0.15, 0.2) is 0 Å². The van der Waals surface area contributed by atoms with Crippen LogP contribution in [0.5, 0.6) is 0 Å². The maximum atomic E-state index is 12.4. The van der Waals surface area contributed by atoms with Crippen molar-refractivity contribution in [1.82, 2.24) is 0 Å². The molecule has 162 valence electrons. The third-order valence-electron chi connectivity index (χ3n) is 7.02. The summed E-state index contributed by atoms with van der Waals surface area (Å²) in [5.41, 5.74) is 0. The topological polar surface area (TPSA) is 52.6 Å². The van der Waals surface area contributed by atoms with Crippen molar-refractivity contribution in [2.45, 2.75) is 105 Å². The molecule has 0 aliphatic heterocycles. The molecule has 0 amide bonds. The number of carbonyl (C=O) groups excluding carboxylic acids is 2. The first-order valence-corrected chi connectivity index (χ1v) is 11.6. The molecule has 0 bridgehead atoms. The Morgan fingerprint density at radius 1 is 0.714 bits per heavy atom. The molecule has 0 unspecified atom stereocenters. The number of carbonyl (C=O) groups is 2. The van der Waals surface area contributed by atoms with Crippen LogP contribution in [0.3, 0.4) is 0 Å². The zero-order valence-corrected chi connectivity index (χ0v) is 18.9. The van der Waals surface area contributed by atoms with Gasteiger partial charge in [-0.2, -0.15) is 0 Å². The summed E-state index contributed by atoms with van der Waals surface area (Å²) in [6.45, 7) is 13.3. The first-order valence-electron chi connectivity index (χ1n) is 11.6. The van der Waals surface area contributed by atoms with Crippen LogP contribution in [0.2, 0.25) is 0 Å². The summed E-state index contributed by atoms with van der Waals surface area (Å²) in [6.07, 6.45) is 6.79. The number of rotatable bonds is 7. The van der Waals surface area contributed by atoms with Crippen molar-refractivity contribution in [3.63, 3.8) is 0 Å². The average molecular weight is 395 g/mol. The second kappa shape index (κ2) is 10.6. The van der Waals surface area contributed by atoms with Crippen LogP contribution in [-0.4, -0.2) is 24.1 Å². The van der Waals surface area contributed by atoms with Gasteiger partial charge in [0.1, 0.15) is 12.2 Å². The molecule has 0 aromatic rings. The van der Waals surface area contributed by atoms with Gasteiger partial charge in [0.25, 0.3) is 0 Å². The van der Waals surface area contributed by atoms with Crippen LogP contribution in [0.15, 0.2) is 0 Å². The lowest BCUT2D eigenvalue weighted by atomic mass is 9.75. The Bertz CT molecular complexity index is 467. The van der Waals surface area contributed by atoms with Gasteiger partial charge in [-0.1, -0.05) is 54.4 Å². The van der Waals surface area contributed by atoms with Crippen LogP contribution >= 0.6 is 0 Å².